The van der Waals surface area contributed by atoms with Gasteiger partial charge in [-0.1, -0.05) is 18.6 Å². The van der Waals surface area contributed by atoms with Crippen LogP contribution in [0.5, 0.6) is 5.75 Å². The van der Waals surface area contributed by atoms with Gasteiger partial charge >= 0.3 is 0 Å². The largest absolute Gasteiger partial charge is 0.508 e. The molecule has 0 bridgehead atoms. The van der Waals surface area contributed by atoms with Gasteiger partial charge in [-0.2, -0.15) is 0 Å². The molecule has 0 aliphatic carbocycles. The molecular weight excluding hydrogens is 280 g/mol. The number of benzene rings is 1. The molecule has 1 saturated heterocycles. The van der Waals surface area contributed by atoms with Crippen LogP contribution >= 0.6 is 11.3 Å². The summed E-state index contributed by atoms with van der Waals surface area (Å²) in [7, 11) is 0. The van der Waals surface area contributed by atoms with E-state index in [1.807, 2.05) is 17.6 Å². The topological polar surface area (TPSA) is 36.4 Å². The zero-order chi connectivity index (χ0) is 14.5. The van der Waals surface area contributed by atoms with Crippen LogP contribution in [0.15, 0.2) is 35.2 Å². The Bertz CT molecular complexity index is 538. The molecule has 21 heavy (non-hydrogen) atoms. The molecule has 1 N–H and O–H groups in total. The fraction of sp³-hybridized carbons (Fsp3) is 0.471. The molecule has 1 aliphatic heterocycles. The molecule has 0 amide bonds. The van der Waals surface area contributed by atoms with Crippen LogP contribution in [0.2, 0.25) is 0 Å². The number of rotatable bonds is 5. The van der Waals surface area contributed by atoms with Crippen molar-refractivity contribution in [3.8, 4) is 5.75 Å². The fourth-order valence-electron chi connectivity index (χ4n) is 3.11. The van der Waals surface area contributed by atoms with Gasteiger partial charge in [0.15, 0.2) is 0 Å². The van der Waals surface area contributed by atoms with E-state index in [4.69, 9.17) is 0 Å². The SMILES string of the molecule is Oc1ccc(CC[C@@H]2CCCCN2Cc2cscn2)cc1. The Balaban J connectivity index is 1.57. The monoisotopic (exact) mass is 302 g/mol. The van der Waals surface area contributed by atoms with Gasteiger partial charge in [-0.15, -0.1) is 11.3 Å². The van der Waals surface area contributed by atoms with Crippen LogP contribution in [-0.2, 0) is 13.0 Å². The molecule has 1 atom stereocenters. The molecule has 0 unspecified atom stereocenters. The van der Waals surface area contributed by atoms with Crippen LogP contribution in [0.3, 0.4) is 0 Å². The second kappa shape index (κ2) is 7.05. The van der Waals surface area contributed by atoms with Gasteiger partial charge in [-0.3, -0.25) is 4.90 Å². The van der Waals surface area contributed by atoms with Gasteiger partial charge in [0.05, 0.1) is 11.2 Å². The molecule has 1 aliphatic rings. The summed E-state index contributed by atoms with van der Waals surface area (Å²) in [6, 6.07) is 8.28. The summed E-state index contributed by atoms with van der Waals surface area (Å²) >= 11 is 1.68. The van der Waals surface area contributed by atoms with Crippen molar-refractivity contribution in [3.05, 3.63) is 46.4 Å². The highest BCUT2D eigenvalue weighted by Gasteiger charge is 2.22. The molecule has 2 aromatic rings. The number of aromatic hydroxyl groups is 1. The third-order valence-electron chi connectivity index (χ3n) is 4.30. The number of phenolic OH excluding ortho intramolecular Hbond substituents is 1. The van der Waals surface area contributed by atoms with Crippen molar-refractivity contribution in [2.45, 2.75) is 44.7 Å². The van der Waals surface area contributed by atoms with Crippen molar-refractivity contribution in [1.29, 1.82) is 0 Å². The quantitative estimate of drug-likeness (QED) is 0.911. The number of piperidine rings is 1. The van der Waals surface area contributed by atoms with E-state index in [0.717, 1.165) is 13.0 Å². The van der Waals surface area contributed by atoms with E-state index in [1.54, 1.807) is 23.5 Å². The predicted molar refractivity (Wildman–Crippen MR) is 86.6 cm³/mol. The summed E-state index contributed by atoms with van der Waals surface area (Å²) in [4.78, 5) is 7.02. The lowest BCUT2D eigenvalue weighted by Gasteiger charge is -2.35. The van der Waals surface area contributed by atoms with E-state index >= 15 is 0 Å². The first kappa shape index (κ1) is 14.5. The van der Waals surface area contributed by atoms with Crippen molar-refractivity contribution < 1.29 is 5.11 Å². The van der Waals surface area contributed by atoms with E-state index in [2.05, 4.69) is 15.3 Å². The molecule has 0 radical (unpaired) electrons. The Morgan fingerprint density at radius 3 is 2.86 bits per heavy atom. The van der Waals surface area contributed by atoms with Gasteiger partial charge in [-0.05, 0) is 49.9 Å². The summed E-state index contributed by atoms with van der Waals surface area (Å²) in [5.41, 5.74) is 4.44. The van der Waals surface area contributed by atoms with Crippen molar-refractivity contribution >= 4 is 11.3 Å². The Kier molecular flexibility index (Phi) is 4.88. The average Bonchev–Trinajstić information content (AvgIpc) is 3.01. The number of thiazole rings is 1. The minimum absolute atomic E-state index is 0.349. The van der Waals surface area contributed by atoms with Crippen LogP contribution in [0.1, 0.15) is 36.9 Å². The fourth-order valence-corrected chi connectivity index (χ4v) is 3.66. The Labute approximate surface area is 130 Å². The molecule has 2 heterocycles. The maximum absolute atomic E-state index is 9.35. The maximum atomic E-state index is 9.35. The van der Waals surface area contributed by atoms with Crippen molar-refractivity contribution in [2.75, 3.05) is 6.54 Å². The first-order valence-corrected chi connectivity index (χ1v) is 8.64. The number of aryl methyl sites for hydroxylation is 1. The molecule has 3 rings (SSSR count). The number of nitrogens with zero attached hydrogens (tertiary/aromatic N) is 2. The van der Waals surface area contributed by atoms with Gasteiger partial charge in [-0.25, -0.2) is 4.98 Å². The zero-order valence-corrected chi connectivity index (χ0v) is 13.1. The lowest BCUT2D eigenvalue weighted by Crippen LogP contribution is -2.39. The summed E-state index contributed by atoms with van der Waals surface area (Å²) in [5.74, 6) is 0.349. The second-order valence-corrected chi connectivity index (χ2v) is 6.52. The third kappa shape index (κ3) is 4.05. The van der Waals surface area contributed by atoms with Crippen LogP contribution in [0, 0.1) is 0 Å². The van der Waals surface area contributed by atoms with E-state index in [-0.39, 0.29) is 0 Å². The smallest absolute Gasteiger partial charge is 0.115 e. The van der Waals surface area contributed by atoms with E-state index in [0.29, 0.717) is 11.8 Å². The number of likely N-dealkylation sites (tertiary alicyclic amines) is 1. The standard InChI is InChI=1S/C17H22N2OS/c20-17-8-5-14(6-9-17)4-7-16-3-1-2-10-19(16)11-15-12-21-13-18-15/h5-6,8-9,12-13,16,20H,1-4,7,10-11H2/t16-/m0/s1. The Morgan fingerprint density at radius 1 is 1.24 bits per heavy atom. The van der Waals surface area contributed by atoms with E-state index < -0.39 is 0 Å². The minimum atomic E-state index is 0.349. The second-order valence-electron chi connectivity index (χ2n) is 5.80. The molecule has 1 aromatic heterocycles. The van der Waals surface area contributed by atoms with Gasteiger partial charge in [0, 0.05) is 18.0 Å². The van der Waals surface area contributed by atoms with Crippen molar-refractivity contribution in [3.63, 3.8) is 0 Å². The first-order chi connectivity index (χ1) is 10.3. The van der Waals surface area contributed by atoms with Crippen molar-refractivity contribution in [2.24, 2.45) is 0 Å². The van der Waals surface area contributed by atoms with Crippen LogP contribution < -0.4 is 0 Å². The molecule has 1 fully saturated rings. The third-order valence-corrected chi connectivity index (χ3v) is 4.94. The highest BCUT2D eigenvalue weighted by atomic mass is 32.1. The van der Waals surface area contributed by atoms with E-state index in [9.17, 15) is 5.11 Å². The minimum Gasteiger partial charge on any atom is -0.508 e. The molecule has 0 saturated carbocycles. The zero-order valence-electron chi connectivity index (χ0n) is 12.2. The molecular formula is C17H22N2OS. The van der Waals surface area contributed by atoms with Gasteiger partial charge in [0.1, 0.15) is 5.75 Å². The van der Waals surface area contributed by atoms with Crippen LogP contribution in [-0.4, -0.2) is 27.6 Å². The van der Waals surface area contributed by atoms with Crippen LogP contribution in [0.25, 0.3) is 0 Å². The molecule has 0 spiro atoms. The molecule has 4 heteroatoms. The number of hydrogen-bond donors (Lipinski definition) is 1. The van der Waals surface area contributed by atoms with Gasteiger partial charge in [0.25, 0.3) is 0 Å². The number of hydrogen-bond acceptors (Lipinski definition) is 4. The highest BCUT2D eigenvalue weighted by Crippen LogP contribution is 2.23. The van der Waals surface area contributed by atoms with Crippen molar-refractivity contribution in [1.82, 2.24) is 9.88 Å². The Hall–Kier alpha value is -1.39. The molecule has 112 valence electrons. The van der Waals surface area contributed by atoms with Crippen LogP contribution in [0.4, 0.5) is 0 Å². The summed E-state index contributed by atoms with van der Waals surface area (Å²) < 4.78 is 0. The molecule has 1 aromatic carbocycles. The normalized spacial score (nSPS) is 19.7. The predicted octanol–water partition coefficient (Wildman–Crippen LogP) is 3.84. The maximum Gasteiger partial charge on any atom is 0.115 e. The summed E-state index contributed by atoms with van der Waals surface area (Å²) in [5, 5.41) is 11.5. The summed E-state index contributed by atoms with van der Waals surface area (Å²) in [6.07, 6.45) is 6.21. The van der Waals surface area contributed by atoms with Gasteiger partial charge in [0.2, 0.25) is 0 Å². The average molecular weight is 302 g/mol. The first-order valence-electron chi connectivity index (χ1n) is 7.70. The summed E-state index contributed by atoms with van der Waals surface area (Å²) in [6.45, 7) is 2.18. The number of phenols is 1. The highest BCUT2D eigenvalue weighted by molar-refractivity contribution is 7.07. The lowest BCUT2D eigenvalue weighted by molar-refractivity contribution is 0.131. The Morgan fingerprint density at radius 2 is 2.10 bits per heavy atom. The van der Waals surface area contributed by atoms with Gasteiger partial charge < -0.3 is 5.11 Å². The number of aromatic nitrogens is 1. The molecule has 3 nitrogen and oxygen atoms in total. The van der Waals surface area contributed by atoms with E-state index in [1.165, 1.54) is 43.5 Å². The lowest BCUT2D eigenvalue weighted by atomic mass is 9.95.